The van der Waals surface area contributed by atoms with Gasteiger partial charge >= 0.3 is 25.7 Å². The highest BCUT2D eigenvalue weighted by atomic mass is 28.5. The Morgan fingerprint density at radius 2 is 0.974 bits per heavy atom. The van der Waals surface area contributed by atoms with Crippen LogP contribution < -0.4 is 0 Å². The lowest BCUT2D eigenvalue weighted by Crippen LogP contribution is -2.60. The molecule has 0 heterocycles. The van der Waals surface area contributed by atoms with Crippen molar-refractivity contribution in [3.05, 3.63) is 0 Å². The molecule has 0 aromatic carbocycles. The van der Waals surface area contributed by atoms with E-state index >= 15 is 0 Å². The molecule has 0 aliphatic heterocycles. The second-order valence-electron chi connectivity index (χ2n) is 13.5. The van der Waals surface area contributed by atoms with Gasteiger partial charge in [0, 0.05) is 6.61 Å². The van der Waals surface area contributed by atoms with Gasteiger partial charge in [-0.2, -0.15) is 0 Å². The van der Waals surface area contributed by atoms with Gasteiger partial charge in [-0.3, -0.25) is 0 Å². The molecule has 0 saturated heterocycles. The summed E-state index contributed by atoms with van der Waals surface area (Å²) in [6, 6.07) is 1.75. The van der Waals surface area contributed by atoms with E-state index < -0.39 is 48.6 Å². The summed E-state index contributed by atoms with van der Waals surface area (Å²) in [6.45, 7) is 24.7. The smallest absolute Gasteiger partial charge is 0.317 e. The normalized spacial score (nSPS) is 16.6. The Balaban J connectivity index is 5.42. The minimum absolute atomic E-state index is 0.0734. The lowest BCUT2D eigenvalue weighted by molar-refractivity contribution is -0.0945. The lowest BCUT2D eigenvalue weighted by atomic mass is 10.1. The summed E-state index contributed by atoms with van der Waals surface area (Å²) in [7, 11) is -11.2. The van der Waals surface area contributed by atoms with Crippen LogP contribution in [0.1, 0.15) is 71.1 Å². The molecule has 0 aromatic heterocycles. The Labute approximate surface area is 241 Å². The first-order chi connectivity index (χ1) is 17.3. The molecule has 0 saturated carbocycles. The van der Waals surface area contributed by atoms with E-state index in [0.717, 1.165) is 24.9 Å². The van der Waals surface area contributed by atoms with Crippen molar-refractivity contribution in [2.45, 2.75) is 155 Å². The molecule has 0 spiro atoms. The largest absolute Gasteiger partial charge is 0.437 e. The molecule has 0 aromatic rings. The van der Waals surface area contributed by atoms with E-state index in [4.69, 9.17) is 31.4 Å². The Bertz CT molecular complexity index is 614. The number of rotatable bonds is 24. The SMILES string of the molecule is CCCCCCCCCCC[Si](C)(O[Si](C)(C)O[Si](C)(C)C)O[Si](C)(CCCOCC(O)O)O[Si](C)(C)C. The summed E-state index contributed by atoms with van der Waals surface area (Å²) in [5, 5.41) is 18.1. The fourth-order valence-electron chi connectivity index (χ4n) is 5.07. The number of aliphatic hydroxyl groups excluding tert-OH is 1. The van der Waals surface area contributed by atoms with E-state index in [1.165, 1.54) is 51.4 Å². The number of unbranched alkanes of at least 4 members (excludes halogenated alkanes) is 8. The first-order valence-corrected chi connectivity index (χ1v) is 29.7. The lowest BCUT2D eigenvalue weighted by Gasteiger charge is -2.44. The molecule has 0 aliphatic rings. The summed E-state index contributed by atoms with van der Waals surface area (Å²) in [5.41, 5.74) is 0. The van der Waals surface area contributed by atoms with Crippen LogP contribution in [0.25, 0.3) is 0 Å². The van der Waals surface area contributed by atoms with E-state index in [1.54, 1.807) is 0 Å². The Hall–Kier alpha value is 0.804. The van der Waals surface area contributed by atoms with E-state index in [9.17, 15) is 0 Å². The van der Waals surface area contributed by atoms with Gasteiger partial charge in [-0.15, -0.1) is 0 Å². The maximum atomic E-state index is 9.07. The molecule has 2 atom stereocenters. The molecular weight excluding hydrogens is 565 g/mol. The Morgan fingerprint density at radius 1 is 0.526 bits per heavy atom. The zero-order valence-corrected chi connectivity index (χ0v) is 31.9. The van der Waals surface area contributed by atoms with Crippen molar-refractivity contribution < 1.29 is 31.4 Å². The van der Waals surface area contributed by atoms with Crippen molar-refractivity contribution in [2.75, 3.05) is 13.2 Å². The van der Waals surface area contributed by atoms with Gasteiger partial charge in [-0.25, -0.2) is 0 Å². The fraction of sp³-hybridized carbons (Fsp3) is 1.00. The van der Waals surface area contributed by atoms with E-state index in [-0.39, 0.29) is 6.61 Å². The van der Waals surface area contributed by atoms with Crippen LogP contribution in [0, 0.1) is 0 Å². The summed E-state index contributed by atoms with van der Waals surface area (Å²) in [6.07, 6.45) is 11.0. The van der Waals surface area contributed by atoms with Gasteiger partial charge in [0.25, 0.3) is 0 Å². The highest BCUT2D eigenvalue weighted by molar-refractivity contribution is 6.90. The third-order valence-electron chi connectivity index (χ3n) is 5.89. The predicted octanol–water partition coefficient (Wildman–Crippen LogP) is 7.82. The average Bonchev–Trinajstić information content (AvgIpc) is 2.68. The van der Waals surface area contributed by atoms with Crippen molar-refractivity contribution in [1.29, 1.82) is 0 Å². The highest BCUT2D eigenvalue weighted by Gasteiger charge is 2.48. The molecule has 2 unspecified atom stereocenters. The first-order valence-electron chi connectivity index (χ1n) is 15.0. The van der Waals surface area contributed by atoms with Gasteiger partial charge in [0.15, 0.2) is 22.9 Å². The molecule has 230 valence electrons. The topological polar surface area (TPSA) is 86.6 Å². The second kappa shape index (κ2) is 18.4. The van der Waals surface area contributed by atoms with Crippen LogP contribution in [0.5, 0.6) is 0 Å². The quantitative estimate of drug-likeness (QED) is 0.0640. The molecule has 0 fully saturated rings. The molecule has 0 rings (SSSR count). The van der Waals surface area contributed by atoms with Crippen LogP contribution >= 0.6 is 0 Å². The van der Waals surface area contributed by atoms with Crippen molar-refractivity contribution in [3.8, 4) is 0 Å². The molecule has 0 radical (unpaired) electrons. The van der Waals surface area contributed by atoms with Gasteiger partial charge in [0.05, 0.1) is 6.61 Å². The molecule has 38 heavy (non-hydrogen) atoms. The summed E-state index contributed by atoms with van der Waals surface area (Å²) < 4.78 is 32.9. The van der Waals surface area contributed by atoms with Crippen LogP contribution in [-0.2, 0) is 21.2 Å². The molecule has 0 bridgehead atoms. The zero-order valence-electron chi connectivity index (χ0n) is 26.9. The zero-order chi connectivity index (χ0) is 29.5. The molecule has 0 amide bonds. The van der Waals surface area contributed by atoms with Crippen LogP contribution in [0.2, 0.25) is 77.6 Å². The van der Waals surface area contributed by atoms with Crippen molar-refractivity contribution in [3.63, 3.8) is 0 Å². The third kappa shape index (κ3) is 22.5. The van der Waals surface area contributed by atoms with E-state index in [2.05, 4.69) is 72.4 Å². The van der Waals surface area contributed by atoms with Crippen molar-refractivity contribution in [1.82, 2.24) is 0 Å². The van der Waals surface area contributed by atoms with Gasteiger partial charge in [-0.1, -0.05) is 64.7 Å². The molecule has 0 aliphatic carbocycles. The van der Waals surface area contributed by atoms with Crippen LogP contribution in [0.15, 0.2) is 0 Å². The van der Waals surface area contributed by atoms with Gasteiger partial charge in [0.2, 0.25) is 0 Å². The van der Waals surface area contributed by atoms with Crippen LogP contribution in [0.3, 0.4) is 0 Å². The maximum Gasteiger partial charge on any atom is 0.317 e. The van der Waals surface area contributed by atoms with Gasteiger partial charge in [0.1, 0.15) is 0 Å². The minimum atomic E-state index is -2.60. The number of aliphatic hydroxyl groups is 2. The van der Waals surface area contributed by atoms with E-state index in [0.29, 0.717) is 6.61 Å². The van der Waals surface area contributed by atoms with Crippen molar-refractivity contribution >= 4 is 42.3 Å². The second-order valence-corrected chi connectivity index (χ2v) is 33.6. The molecular formula is C26H64O7Si5. The highest BCUT2D eigenvalue weighted by Crippen LogP contribution is 2.32. The molecule has 7 nitrogen and oxygen atoms in total. The van der Waals surface area contributed by atoms with Gasteiger partial charge in [-0.05, 0) is 84.0 Å². The average molecular weight is 629 g/mol. The fourth-order valence-corrected chi connectivity index (χ4v) is 28.9. The standard InChI is InChI=1S/C26H64O7Si5/c1-12-13-14-15-16-17-18-19-20-23-38(11,32-36(8,9)30-34(2,3)4)33-37(10,31-35(5,6)7)24-21-22-29-25-26(27)28/h26-28H,12-25H2,1-11H3. The number of ether oxygens (including phenoxy) is 1. The van der Waals surface area contributed by atoms with E-state index in [1.807, 2.05) is 0 Å². The van der Waals surface area contributed by atoms with Crippen LogP contribution in [-0.4, -0.2) is 72.0 Å². The maximum absolute atomic E-state index is 9.07. The first kappa shape index (κ1) is 38.8. The Morgan fingerprint density at radius 3 is 1.45 bits per heavy atom. The third-order valence-corrected chi connectivity index (χ3v) is 24.2. The number of hydrogen-bond acceptors (Lipinski definition) is 7. The monoisotopic (exact) mass is 628 g/mol. The van der Waals surface area contributed by atoms with Crippen LogP contribution in [0.4, 0.5) is 0 Å². The summed E-state index contributed by atoms with van der Waals surface area (Å²) in [5.74, 6) is 0. The van der Waals surface area contributed by atoms with Crippen molar-refractivity contribution in [2.24, 2.45) is 0 Å². The Kier molecular flexibility index (Phi) is 18.8. The number of hydrogen-bond donors (Lipinski definition) is 2. The molecule has 2 N–H and O–H groups in total. The minimum Gasteiger partial charge on any atom is -0.437 e. The summed E-state index contributed by atoms with van der Waals surface area (Å²) in [4.78, 5) is 0. The molecule has 12 heteroatoms. The predicted molar refractivity (Wildman–Crippen MR) is 172 cm³/mol. The van der Waals surface area contributed by atoms with Gasteiger partial charge < -0.3 is 31.4 Å². The summed E-state index contributed by atoms with van der Waals surface area (Å²) >= 11 is 0.